The molecule has 1 aromatic carbocycles. The van der Waals surface area contributed by atoms with Crippen LogP contribution in [-0.2, 0) is 14.3 Å². The minimum absolute atomic E-state index is 0.0388. The second kappa shape index (κ2) is 15.5. The van der Waals surface area contributed by atoms with Gasteiger partial charge in [0.15, 0.2) is 12.1 Å². The largest absolute Gasteiger partial charge is 0.481 e. The lowest BCUT2D eigenvalue weighted by molar-refractivity contribution is -0.248. The Labute approximate surface area is 255 Å². The summed E-state index contributed by atoms with van der Waals surface area (Å²) in [5, 5.41) is 62.6. The second-order valence-electron chi connectivity index (χ2n) is 10.4. The first-order valence-electron chi connectivity index (χ1n) is 13.7. The van der Waals surface area contributed by atoms with Gasteiger partial charge in [-0.15, -0.1) is 0 Å². The molecule has 0 aliphatic carbocycles. The predicted octanol–water partition coefficient (Wildman–Crippen LogP) is -3.51. The fourth-order valence-corrected chi connectivity index (χ4v) is 4.54. The number of benzene rings is 1. The van der Waals surface area contributed by atoms with Gasteiger partial charge in [-0.2, -0.15) is 4.98 Å². The normalized spacial score (nSPS) is 24.6. The molecule has 1 unspecified atom stereocenters. The molecule has 1 amide bonds. The van der Waals surface area contributed by atoms with Gasteiger partial charge >= 0.3 is 11.9 Å². The number of aromatic amines is 1. The zero-order valence-electron chi connectivity index (χ0n) is 24.2. The van der Waals surface area contributed by atoms with Gasteiger partial charge in [-0.1, -0.05) is 0 Å². The predicted molar refractivity (Wildman–Crippen MR) is 159 cm³/mol. The summed E-state index contributed by atoms with van der Waals surface area (Å²) in [6.07, 6.45) is -5.44. The van der Waals surface area contributed by atoms with Gasteiger partial charge in [0.2, 0.25) is 5.95 Å². The molecule has 2 aromatic rings. The molecule has 0 saturated carbocycles. The van der Waals surface area contributed by atoms with Crippen molar-refractivity contribution in [3.05, 3.63) is 40.2 Å². The average molecular weight is 639 g/mol. The highest BCUT2D eigenvalue weighted by molar-refractivity contribution is 5.97. The molecule has 3 heterocycles. The smallest absolute Gasteiger partial charge is 0.326 e. The number of carbonyl (C=O) groups is 3. The Morgan fingerprint density at radius 3 is 2.42 bits per heavy atom. The number of nitrogens with two attached hydrogens (primary N) is 2. The molecule has 4 rings (SSSR count). The van der Waals surface area contributed by atoms with Gasteiger partial charge in [0.1, 0.15) is 30.0 Å². The Bertz CT molecular complexity index is 1390. The van der Waals surface area contributed by atoms with E-state index in [4.69, 9.17) is 31.5 Å². The number of aromatic nitrogens is 2. The molecule has 248 valence electrons. The molecule has 1 fully saturated rings. The van der Waals surface area contributed by atoms with Crippen molar-refractivity contribution in [3.8, 4) is 0 Å². The van der Waals surface area contributed by atoms with Crippen molar-refractivity contribution in [3.63, 3.8) is 0 Å². The number of H-pyrrole nitrogens is 1. The Balaban J connectivity index is 0.000000385. The number of anilines is 4. The summed E-state index contributed by atoms with van der Waals surface area (Å²) in [6.45, 7) is 0.538. The van der Waals surface area contributed by atoms with Crippen LogP contribution in [0.4, 0.5) is 23.1 Å². The summed E-state index contributed by atoms with van der Waals surface area (Å²) in [4.78, 5) is 54.9. The molecule has 19 heteroatoms. The molecule has 0 radical (unpaired) electrons. The third kappa shape index (κ3) is 9.00. The highest BCUT2D eigenvalue weighted by Gasteiger charge is 2.41. The highest BCUT2D eigenvalue weighted by atomic mass is 16.6. The third-order valence-electron chi connectivity index (χ3n) is 7.21. The van der Waals surface area contributed by atoms with Crippen molar-refractivity contribution in [1.29, 1.82) is 0 Å². The van der Waals surface area contributed by atoms with Crippen molar-refractivity contribution in [2.45, 2.75) is 55.6 Å². The minimum atomic E-state index is -1.35. The molecule has 0 bridgehead atoms. The van der Waals surface area contributed by atoms with Crippen LogP contribution in [0.1, 0.15) is 23.2 Å². The average Bonchev–Trinajstić information content (AvgIpc) is 2.99. The number of aliphatic hydroxyl groups is 4. The molecule has 7 atom stereocenters. The number of nitrogens with one attached hydrogen (secondary N) is 4. The van der Waals surface area contributed by atoms with Crippen LogP contribution in [0.3, 0.4) is 0 Å². The van der Waals surface area contributed by atoms with E-state index in [1.54, 1.807) is 19.2 Å². The van der Waals surface area contributed by atoms with Crippen LogP contribution in [0.15, 0.2) is 29.1 Å². The van der Waals surface area contributed by atoms with E-state index in [1.807, 2.05) is 4.90 Å². The molecular formula is C26H38N8O11. The Morgan fingerprint density at radius 2 is 1.82 bits per heavy atom. The number of rotatable bonds is 10. The Morgan fingerprint density at radius 1 is 1.16 bits per heavy atom. The lowest BCUT2D eigenvalue weighted by atomic mass is 9.98. The van der Waals surface area contributed by atoms with E-state index < -0.39 is 61.1 Å². The number of ether oxygens (including phenoxy) is 1. The molecule has 19 nitrogen and oxygen atoms in total. The van der Waals surface area contributed by atoms with Crippen LogP contribution in [0.25, 0.3) is 0 Å². The Kier molecular flexibility index (Phi) is 12.0. The number of carboxylic acid groups (broad SMARTS) is 2. The number of hydrogen-bond donors (Lipinski definition) is 12. The molecule has 1 saturated heterocycles. The fraction of sp³-hybridized carbons (Fsp3) is 0.500. The summed E-state index contributed by atoms with van der Waals surface area (Å²) in [5.74, 6) is -2.59. The number of nitrogens with zero attached hydrogens (tertiary/aromatic N) is 2. The summed E-state index contributed by atoms with van der Waals surface area (Å²) in [5.41, 5.74) is 11.9. The number of amides is 1. The first-order valence-corrected chi connectivity index (χ1v) is 13.7. The first-order chi connectivity index (χ1) is 21.2. The molecule has 14 N–H and O–H groups in total. The summed E-state index contributed by atoms with van der Waals surface area (Å²) < 4.78 is 4.70. The molecule has 45 heavy (non-hydrogen) atoms. The molecular weight excluding hydrogens is 600 g/mol. The van der Waals surface area contributed by atoms with E-state index in [0.717, 1.165) is 5.69 Å². The molecule has 0 spiro atoms. The van der Waals surface area contributed by atoms with E-state index in [1.165, 1.54) is 12.1 Å². The number of carbonyl (C=O) groups excluding carboxylic acids is 1. The zero-order chi connectivity index (χ0) is 33.4. The van der Waals surface area contributed by atoms with Gasteiger partial charge in [-0.25, -0.2) is 4.79 Å². The van der Waals surface area contributed by atoms with Crippen LogP contribution in [0, 0.1) is 0 Å². The van der Waals surface area contributed by atoms with Gasteiger partial charge < -0.3 is 67.7 Å². The van der Waals surface area contributed by atoms with Crippen LogP contribution in [-0.4, -0.2) is 128 Å². The number of hydrogen-bond acceptors (Lipinski definition) is 15. The highest BCUT2D eigenvalue weighted by Crippen LogP contribution is 2.25. The standard InChI is InChI=1S/C20H25N7O6.C6H13NO5/c1-27-12(9-23-16-15(27)18(31)26-20(21)25-16)8-22-11-4-2-10(3-5-11)17(30)24-13(19(32)33)6-7-14(28)29;7-3-5(10)4(9)2(1-8)12-6(3)11/h2-5,12-13,22H,6-9H2,1H3,(H,24,30)(H,28,29)(H,32,33)(H4,21,23,25,26,31);2-6,8-11H,1,7H2/t12-,13?;2-,3-,4-,5-,6-/m01/s1. The van der Waals surface area contributed by atoms with Gasteiger partial charge in [0.25, 0.3) is 11.5 Å². The van der Waals surface area contributed by atoms with Crippen LogP contribution in [0.2, 0.25) is 0 Å². The van der Waals surface area contributed by atoms with Crippen LogP contribution < -0.4 is 37.9 Å². The summed E-state index contributed by atoms with van der Waals surface area (Å²) in [6, 6.07) is 3.99. The van der Waals surface area contributed by atoms with Crippen molar-refractivity contribution < 1.29 is 49.8 Å². The van der Waals surface area contributed by atoms with E-state index in [2.05, 4.69) is 25.9 Å². The molecule has 2 aliphatic rings. The van der Waals surface area contributed by atoms with Crippen LogP contribution >= 0.6 is 0 Å². The van der Waals surface area contributed by atoms with Gasteiger partial charge in [0.05, 0.1) is 18.7 Å². The zero-order valence-corrected chi connectivity index (χ0v) is 24.2. The first kappa shape index (κ1) is 35.0. The minimum Gasteiger partial charge on any atom is -0.481 e. The number of carboxylic acids is 2. The maximum Gasteiger partial charge on any atom is 0.326 e. The number of nitrogen functional groups attached to an aromatic ring is 1. The monoisotopic (exact) mass is 638 g/mol. The summed E-state index contributed by atoms with van der Waals surface area (Å²) >= 11 is 0. The van der Waals surface area contributed by atoms with E-state index in [0.29, 0.717) is 24.6 Å². The van der Waals surface area contributed by atoms with Crippen molar-refractivity contribution in [2.24, 2.45) is 5.73 Å². The topological polar surface area (TPSA) is 319 Å². The van der Waals surface area contributed by atoms with Gasteiger partial charge in [-0.05, 0) is 30.7 Å². The summed E-state index contributed by atoms with van der Waals surface area (Å²) in [7, 11) is 1.79. The Hall–Kier alpha value is -4.53. The SMILES string of the molecule is CN1c2c(nc(N)[nH]c2=O)NC[C@@H]1CNc1ccc(C(=O)NC(CCC(=O)O)C(=O)O)cc1.N[C@@H]1[C@@H](O)[C@H](O)[C@@H](CO)O[C@H]1O. The van der Waals surface area contributed by atoms with E-state index in [9.17, 15) is 34.5 Å². The number of likely N-dealkylation sites (N-methyl/N-ethyl adjacent to an activating group) is 1. The molecule has 1 aromatic heterocycles. The maximum atomic E-state index is 12.3. The van der Waals surface area contributed by atoms with Crippen LogP contribution in [0.5, 0.6) is 0 Å². The number of aliphatic carboxylic acids is 2. The van der Waals surface area contributed by atoms with Crippen molar-refractivity contribution >= 4 is 41.0 Å². The van der Waals surface area contributed by atoms with Gasteiger partial charge in [0, 0.05) is 37.8 Å². The van der Waals surface area contributed by atoms with Crippen molar-refractivity contribution in [2.75, 3.05) is 48.0 Å². The number of fused-ring (bicyclic) bond motifs is 1. The van der Waals surface area contributed by atoms with Gasteiger partial charge in [-0.3, -0.25) is 19.4 Å². The van der Waals surface area contributed by atoms with E-state index >= 15 is 0 Å². The lowest BCUT2D eigenvalue weighted by Gasteiger charge is -2.38. The molecule has 2 aliphatic heterocycles. The van der Waals surface area contributed by atoms with Crippen molar-refractivity contribution in [1.82, 2.24) is 15.3 Å². The fourth-order valence-electron chi connectivity index (χ4n) is 4.54. The second-order valence-corrected chi connectivity index (χ2v) is 10.4. The van der Waals surface area contributed by atoms with E-state index in [-0.39, 0.29) is 36.0 Å². The lowest BCUT2D eigenvalue weighted by Crippen LogP contribution is -2.61. The third-order valence-corrected chi connectivity index (χ3v) is 7.21. The maximum absolute atomic E-state index is 12.3. The quantitative estimate of drug-likeness (QED) is 0.120. The number of aliphatic hydroxyl groups excluding tert-OH is 4.